The predicted molar refractivity (Wildman–Crippen MR) is 125 cm³/mol. The molecule has 1 aliphatic carbocycles. The molecular weight excluding hydrogens is 426 g/mol. The maximum absolute atomic E-state index is 12.4. The van der Waals surface area contributed by atoms with Crippen LogP contribution in [0.4, 0.5) is 0 Å². The SMILES string of the molecule is CCc1cc(CC)c2oc3ccccc3c(=S)c2c1CC(N)(C(=O)O)C1CC(C(=O)O)C1. The molecule has 1 saturated carbocycles. The molecule has 168 valence electrons. The highest BCUT2D eigenvalue weighted by molar-refractivity contribution is 7.72. The first-order valence-electron chi connectivity index (χ1n) is 10.9. The Morgan fingerprint density at radius 1 is 1.16 bits per heavy atom. The van der Waals surface area contributed by atoms with E-state index in [0.29, 0.717) is 22.1 Å². The van der Waals surface area contributed by atoms with Crippen LogP contribution in [-0.4, -0.2) is 27.7 Å². The molecule has 0 aliphatic heterocycles. The van der Waals surface area contributed by atoms with Crippen LogP contribution in [0.25, 0.3) is 21.9 Å². The summed E-state index contributed by atoms with van der Waals surface area (Å²) in [5, 5.41) is 20.9. The van der Waals surface area contributed by atoms with Crippen LogP contribution in [0.3, 0.4) is 0 Å². The van der Waals surface area contributed by atoms with E-state index in [1.54, 1.807) is 0 Å². The topological polar surface area (TPSA) is 114 Å². The van der Waals surface area contributed by atoms with E-state index in [-0.39, 0.29) is 19.3 Å². The smallest absolute Gasteiger partial charge is 0.324 e. The Morgan fingerprint density at radius 2 is 1.81 bits per heavy atom. The second-order valence-corrected chi connectivity index (χ2v) is 9.15. The number of rotatable bonds is 7. The van der Waals surface area contributed by atoms with Gasteiger partial charge in [-0.05, 0) is 60.4 Å². The zero-order chi connectivity index (χ0) is 23.2. The van der Waals surface area contributed by atoms with Crippen LogP contribution in [0, 0.1) is 16.3 Å². The van der Waals surface area contributed by atoms with Gasteiger partial charge in [-0.1, -0.05) is 44.3 Å². The van der Waals surface area contributed by atoms with Crippen molar-refractivity contribution in [2.75, 3.05) is 0 Å². The van der Waals surface area contributed by atoms with Crippen molar-refractivity contribution in [2.24, 2.45) is 17.6 Å². The van der Waals surface area contributed by atoms with Crippen molar-refractivity contribution in [1.29, 1.82) is 0 Å². The zero-order valence-corrected chi connectivity index (χ0v) is 19.0. The molecule has 1 aromatic heterocycles. The van der Waals surface area contributed by atoms with E-state index in [9.17, 15) is 19.8 Å². The van der Waals surface area contributed by atoms with Crippen molar-refractivity contribution in [3.63, 3.8) is 0 Å². The van der Waals surface area contributed by atoms with Crippen molar-refractivity contribution in [3.8, 4) is 0 Å². The number of nitrogens with two attached hydrogens (primary N) is 1. The third-order valence-electron chi connectivity index (χ3n) is 6.97. The highest BCUT2D eigenvalue weighted by Crippen LogP contribution is 2.43. The summed E-state index contributed by atoms with van der Waals surface area (Å²) in [5.74, 6) is -2.98. The molecular formula is C25H27NO5S. The van der Waals surface area contributed by atoms with Gasteiger partial charge in [-0.2, -0.15) is 0 Å². The predicted octanol–water partition coefficient (Wildman–Crippen LogP) is 4.88. The van der Waals surface area contributed by atoms with Gasteiger partial charge in [0, 0.05) is 17.2 Å². The molecule has 0 amide bonds. The average Bonchev–Trinajstić information content (AvgIpc) is 2.72. The van der Waals surface area contributed by atoms with Crippen molar-refractivity contribution >= 4 is 46.1 Å². The summed E-state index contributed by atoms with van der Waals surface area (Å²) in [4.78, 5) is 23.7. The lowest BCUT2D eigenvalue weighted by molar-refractivity contribution is -0.155. The van der Waals surface area contributed by atoms with Gasteiger partial charge in [0.05, 0.1) is 10.4 Å². The molecule has 0 radical (unpaired) electrons. The normalized spacial score (nSPS) is 20.1. The van der Waals surface area contributed by atoms with Gasteiger partial charge in [-0.15, -0.1) is 0 Å². The molecule has 6 nitrogen and oxygen atoms in total. The molecule has 1 aliphatic rings. The van der Waals surface area contributed by atoms with Crippen LogP contribution < -0.4 is 5.73 Å². The lowest BCUT2D eigenvalue weighted by Crippen LogP contribution is -2.60. The molecule has 4 rings (SSSR count). The van der Waals surface area contributed by atoms with Gasteiger partial charge in [-0.25, -0.2) is 0 Å². The monoisotopic (exact) mass is 453 g/mol. The van der Waals surface area contributed by atoms with Crippen LogP contribution in [-0.2, 0) is 28.9 Å². The van der Waals surface area contributed by atoms with Gasteiger partial charge in [0.1, 0.15) is 16.7 Å². The zero-order valence-electron chi connectivity index (χ0n) is 18.2. The molecule has 32 heavy (non-hydrogen) atoms. The minimum absolute atomic E-state index is 0.0699. The number of aliphatic carboxylic acids is 2. The molecule has 1 heterocycles. The molecule has 0 bridgehead atoms. The summed E-state index contributed by atoms with van der Waals surface area (Å²) < 4.78 is 6.91. The second kappa shape index (κ2) is 8.30. The Bertz CT molecular complexity index is 1290. The molecule has 0 spiro atoms. The first-order valence-corrected chi connectivity index (χ1v) is 11.4. The summed E-state index contributed by atoms with van der Waals surface area (Å²) in [6.45, 7) is 4.07. The molecule has 1 unspecified atom stereocenters. The Hall–Kier alpha value is -2.77. The summed E-state index contributed by atoms with van der Waals surface area (Å²) in [7, 11) is 0. The molecule has 1 fully saturated rings. The number of benzene rings is 2. The standard InChI is InChI=1S/C25H27NO5S/c1-3-13-9-14(4-2)21-20(22(32)17-7-5-6-8-19(17)31-21)18(13)12-25(26,24(29)30)16-10-15(11-16)23(27)28/h5-9,15-16H,3-4,10-12,26H2,1-2H3,(H,27,28)(H,29,30). The number of carboxylic acids is 2. The molecule has 7 heteroatoms. The number of aryl methyl sites for hydroxylation is 2. The van der Waals surface area contributed by atoms with Crippen molar-refractivity contribution in [1.82, 2.24) is 0 Å². The molecule has 0 saturated heterocycles. The highest BCUT2D eigenvalue weighted by Gasteiger charge is 2.51. The third-order valence-corrected chi connectivity index (χ3v) is 7.40. The number of carbonyl (C=O) groups is 2. The van der Waals surface area contributed by atoms with E-state index in [1.165, 1.54) is 0 Å². The summed E-state index contributed by atoms with van der Waals surface area (Å²) in [6.07, 6.45) is 2.03. The van der Waals surface area contributed by atoms with Crippen LogP contribution in [0.15, 0.2) is 34.7 Å². The van der Waals surface area contributed by atoms with Crippen molar-refractivity contribution in [2.45, 2.75) is 51.5 Å². The summed E-state index contributed by atoms with van der Waals surface area (Å²) in [5.41, 5.74) is 9.13. The number of fused-ring (bicyclic) bond motifs is 2. The van der Waals surface area contributed by atoms with Gasteiger partial charge in [0.25, 0.3) is 0 Å². The van der Waals surface area contributed by atoms with Crippen LogP contribution in [0.5, 0.6) is 0 Å². The average molecular weight is 454 g/mol. The Kier molecular flexibility index (Phi) is 5.81. The van der Waals surface area contributed by atoms with E-state index in [1.807, 2.05) is 38.1 Å². The second-order valence-electron chi connectivity index (χ2n) is 8.74. The fraction of sp³-hybridized carbons (Fsp3) is 0.400. The van der Waals surface area contributed by atoms with E-state index in [0.717, 1.165) is 33.9 Å². The third kappa shape index (κ3) is 3.49. The number of hydrogen-bond acceptors (Lipinski definition) is 5. The maximum atomic E-state index is 12.4. The van der Waals surface area contributed by atoms with Crippen molar-refractivity contribution in [3.05, 3.63) is 51.5 Å². The van der Waals surface area contributed by atoms with Gasteiger partial charge in [0.15, 0.2) is 0 Å². The van der Waals surface area contributed by atoms with Gasteiger partial charge < -0.3 is 20.4 Å². The number of para-hydroxylation sites is 1. The lowest BCUT2D eigenvalue weighted by Gasteiger charge is -2.43. The molecule has 1 atom stereocenters. The molecule has 4 N–H and O–H groups in total. The fourth-order valence-electron chi connectivity index (χ4n) is 4.87. The Labute approximate surface area is 191 Å². The van der Waals surface area contributed by atoms with Gasteiger partial charge in [-0.3, -0.25) is 9.59 Å². The minimum Gasteiger partial charge on any atom is -0.481 e. The highest BCUT2D eigenvalue weighted by atomic mass is 32.1. The minimum atomic E-state index is -1.58. The first-order chi connectivity index (χ1) is 15.2. The number of hydrogen-bond donors (Lipinski definition) is 3. The van der Waals surface area contributed by atoms with Crippen LogP contribution >= 0.6 is 12.2 Å². The first kappa shape index (κ1) is 22.4. The van der Waals surface area contributed by atoms with Gasteiger partial charge in [0.2, 0.25) is 0 Å². The fourth-order valence-corrected chi connectivity index (χ4v) is 5.26. The van der Waals surface area contributed by atoms with E-state index < -0.39 is 29.3 Å². The van der Waals surface area contributed by atoms with Crippen molar-refractivity contribution < 1.29 is 24.2 Å². The Morgan fingerprint density at radius 3 is 2.41 bits per heavy atom. The van der Waals surface area contributed by atoms with Crippen LogP contribution in [0.1, 0.15) is 43.4 Å². The summed E-state index contributed by atoms with van der Waals surface area (Å²) in [6, 6.07) is 9.64. The van der Waals surface area contributed by atoms with E-state index in [4.69, 9.17) is 22.4 Å². The van der Waals surface area contributed by atoms with E-state index >= 15 is 0 Å². The van der Waals surface area contributed by atoms with E-state index in [2.05, 4.69) is 6.07 Å². The van der Waals surface area contributed by atoms with Crippen LogP contribution in [0.2, 0.25) is 0 Å². The lowest BCUT2D eigenvalue weighted by atomic mass is 9.63. The quantitative estimate of drug-likeness (QED) is 0.345. The summed E-state index contributed by atoms with van der Waals surface area (Å²) >= 11 is 5.89. The molecule has 2 aromatic carbocycles. The largest absolute Gasteiger partial charge is 0.481 e. The maximum Gasteiger partial charge on any atom is 0.324 e. The number of carboxylic acid groups (broad SMARTS) is 2. The van der Waals surface area contributed by atoms with Gasteiger partial charge >= 0.3 is 11.9 Å². The Balaban J connectivity index is 1.95. The molecule has 3 aromatic rings.